The highest BCUT2D eigenvalue weighted by Gasteiger charge is 2.41. The summed E-state index contributed by atoms with van der Waals surface area (Å²) in [5.41, 5.74) is 3.36. The highest BCUT2D eigenvalue weighted by molar-refractivity contribution is 5.61. The molecule has 1 unspecified atom stereocenters. The molecule has 0 aromatic heterocycles. The van der Waals surface area contributed by atoms with E-state index in [1.807, 2.05) is 6.21 Å². The highest BCUT2D eigenvalue weighted by atomic mass is 15.3. The fraction of sp³-hybridized carbons (Fsp3) is 0.800. The van der Waals surface area contributed by atoms with Gasteiger partial charge in [-0.2, -0.15) is 5.10 Å². The zero-order valence-electron chi connectivity index (χ0n) is 4.65. The summed E-state index contributed by atoms with van der Waals surface area (Å²) in [4.78, 5) is 0. The summed E-state index contributed by atoms with van der Waals surface area (Å²) in [6.45, 7) is 2.16. The Morgan fingerprint density at radius 3 is 2.75 bits per heavy atom. The van der Waals surface area contributed by atoms with Gasteiger partial charge in [0.05, 0.1) is 12.1 Å². The Morgan fingerprint density at radius 2 is 2.38 bits per heavy atom. The average Bonchev–Trinajstić information content (AvgIpc) is 2.52. The molecule has 1 fully saturated rings. The van der Waals surface area contributed by atoms with Gasteiger partial charge < -0.3 is 10.7 Å². The minimum Gasteiger partial charge on any atom is -0.308 e. The molecule has 0 saturated carbocycles. The minimum atomic E-state index is 0.418. The maximum Gasteiger partial charge on any atom is 0.0549 e. The molecule has 0 aromatic rings. The van der Waals surface area contributed by atoms with Crippen LogP contribution in [0.15, 0.2) is 5.10 Å². The third-order valence-electron chi connectivity index (χ3n) is 1.76. The van der Waals surface area contributed by atoms with Crippen molar-refractivity contribution in [3.8, 4) is 0 Å². The van der Waals surface area contributed by atoms with Crippen molar-refractivity contribution in [2.45, 2.75) is 12.0 Å². The molecule has 0 aliphatic carbocycles. The molecule has 8 heavy (non-hydrogen) atoms. The van der Waals surface area contributed by atoms with Crippen molar-refractivity contribution >= 4 is 6.21 Å². The second-order valence-corrected chi connectivity index (χ2v) is 2.48. The third-order valence-corrected chi connectivity index (χ3v) is 1.76. The Labute approximate surface area is 48.2 Å². The molecule has 44 valence electrons. The van der Waals surface area contributed by atoms with Gasteiger partial charge in [0.25, 0.3) is 0 Å². The van der Waals surface area contributed by atoms with Crippen molar-refractivity contribution in [1.29, 1.82) is 0 Å². The van der Waals surface area contributed by atoms with E-state index in [2.05, 4.69) is 15.8 Å². The van der Waals surface area contributed by atoms with Gasteiger partial charge in [-0.05, 0) is 0 Å². The van der Waals surface area contributed by atoms with Crippen LogP contribution in [0.2, 0.25) is 0 Å². The van der Waals surface area contributed by atoms with Crippen LogP contribution in [0.4, 0.5) is 0 Å². The number of nitrogens with one attached hydrogen (secondary N) is 2. The van der Waals surface area contributed by atoms with E-state index in [-0.39, 0.29) is 0 Å². The van der Waals surface area contributed by atoms with Gasteiger partial charge >= 0.3 is 0 Å². The Bertz CT molecular complexity index is 126. The number of hydrogen-bond donors (Lipinski definition) is 2. The van der Waals surface area contributed by atoms with Crippen molar-refractivity contribution in [3.05, 3.63) is 0 Å². The summed E-state index contributed by atoms with van der Waals surface area (Å²) in [5.74, 6) is 0. The van der Waals surface area contributed by atoms with Gasteiger partial charge in [0, 0.05) is 19.2 Å². The largest absolute Gasteiger partial charge is 0.308 e. The van der Waals surface area contributed by atoms with Gasteiger partial charge in [0.1, 0.15) is 0 Å². The van der Waals surface area contributed by atoms with Crippen LogP contribution in [0, 0.1) is 0 Å². The highest BCUT2D eigenvalue weighted by Crippen LogP contribution is 2.20. The lowest BCUT2D eigenvalue weighted by molar-refractivity contribution is 0.553. The molecule has 1 saturated heterocycles. The van der Waals surface area contributed by atoms with Gasteiger partial charge in [-0.15, -0.1) is 0 Å². The molecule has 0 radical (unpaired) electrons. The Balaban J connectivity index is 2.08. The molecule has 2 aliphatic rings. The second kappa shape index (κ2) is 1.23. The predicted octanol–water partition coefficient (Wildman–Crippen LogP) is -0.693. The normalized spacial score (nSPS) is 42.0. The van der Waals surface area contributed by atoms with Gasteiger partial charge in [0.2, 0.25) is 0 Å². The van der Waals surface area contributed by atoms with Crippen LogP contribution in [-0.4, -0.2) is 24.8 Å². The summed E-state index contributed by atoms with van der Waals surface area (Å²) < 4.78 is 0. The Kier molecular flexibility index (Phi) is 0.663. The standard InChI is InChI=1S/C5H9N3/c1-2-7-8-4-5(1)3-6-5/h2,6,8H,1,3-4H2. The smallest absolute Gasteiger partial charge is 0.0549 e. The first kappa shape index (κ1) is 4.32. The maximum atomic E-state index is 3.90. The monoisotopic (exact) mass is 111 g/mol. The van der Waals surface area contributed by atoms with Gasteiger partial charge in [0.15, 0.2) is 0 Å². The third kappa shape index (κ3) is 0.512. The van der Waals surface area contributed by atoms with Crippen LogP contribution in [0.5, 0.6) is 0 Å². The van der Waals surface area contributed by atoms with Crippen molar-refractivity contribution in [1.82, 2.24) is 10.7 Å². The van der Waals surface area contributed by atoms with Gasteiger partial charge in [-0.25, -0.2) is 0 Å². The SMILES string of the molecule is C1=NNCC2(C1)CN2. The summed E-state index contributed by atoms with van der Waals surface area (Å²) in [6.07, 6.45) is 3.03. The molecular weight excluding hydrogens is 102 g/mol. The summed E-state index contributed by atoms with van der Waals surface area (Å²) >= 11 is 0. The predicted molar refractivity (Wildman–Crippen MR) is 31.8 cm³/mol. The fourth-order valence-electron chi connectivity index (χ4n) is 0.948. The minimum absolute atomic E-state index is 0.418. The van der Waals surface area contributed by atoms with E-state index in [1.165, 1.54) is 0 Å². The number of rotatable bonds is 0. The summed E-state index contributed by atoms with van der Waals surface area (Å²) in [7, 11) is 0. The molecule has 0 aromatic carbocycles. The molecule has 1 atom stereocenters. The lowest BCUT2D eigenvalue weighted by atomic mass is 10.1. The van der Waals surface area contributed by atoms with Crippen molar-refractivity contribution < 1.29 is 0 Å². The molecule has 0 bridgehead atoms. The first-order valence-corrected chi connectivity index (χ1v) is 2.91. The van der Waals surface area contributed by atoms with Crippen LogP contribution in [-0.2, 0) is 0 Å². The van der Waals surface area contributed by atoms with E-state index in [1.54, 1.807) is 0 Å². The van der Waals surface area contributed by atoms with Crippen LogP contribution < -0.4 is 10.7 Å². The lowest BCUT2D eigenvalue weighted by Crippen LogP contribution is -2.33. The number of nitrogens with zero attached hydrogens (tertiary/aromatic N) is 1. The number of hydrazone groups is 1. The van der Waals surface area contributed by atoms with E-state index in [0.29, 0.717) is 5.54 Å². The molecule has 3 nitrogen and oxygen atoms in total. The summed E-state index contributed by atoms with van der Waals surface area (Å²) in [5, 5.41) is 7.19. The molecule has 2 rings (SSSR count). The van der Waals surface area contributed by atoms with Crippen LogP contribution >= 0.6 is 0 Å². The topological polar surface area (TPSA) is 46.3 Å². The Morgan fingerprint density at radius 1 is 1.50 bits per heavy atom. The van der Waals surface area contributed by atoms with Crippen LogP contribution in [0.1, 0.15) is 6.42 Å². The molecule has 2 N–H and O–H groups in total. The van der Waals surface area contributed by atoms with Crippen LogP contribution in [0.25, 0.3) is 0 Å². The first-order chi connectivity index (χ1) is 3.91. The molecule has 1 spiro atoms. The van der Waals surface area contributed by atoms with Gasteiger partial charge in [-0.1, -0.05) is 0 Å². The molecular formula is C5H9N3. The number of hydrogen-bond acceptors (Lipinski definition) is 3. The van der Waals surface area contributed by atoms with E-state index < -0.39 is 0 Å². The second-order valence-electron chi connectivity index (χ2n) is 2.48. The maximum absolute atomic E-state index is 3.90. The molecule has 2 heterocycles. The van der Waals surface area contributed by atoms with Gasteiger partial charge in [-0.3, -0.25) is 0 Å². The van der Waals surface area contributed by atoms with E-state index >= 15 is 0 Å². The van der Waals surface area contributed by atoms with Crippen molar-refractivity contribution in [2.75, 3.05) is 13.1 Å². The van der Waals surface area contributed by atoms with E-state index in [0.717, 1.165) is 19.5 Å². The van der Waals surface area contributed by atoms with Crippen LogP contribution in [0.3, 0.4) is 0 Å². The summed E-state index contributed by atoms with van der Waals surface area (Å²) in [6, 6.07) is 0. The zero-order chi connectivity index (χ0) is 5.45. The lowest BCUT2D eigenvalue weighted by Gasteiger charge is -2.13. The molecule has 3 heteroatoms. The zero-order valence-corrected chi connectivity index (χ0v) is 4.65. The van der Waals surface area contributed by atoms with Crippen molar-refractivity contribution in [2.24, 2.45) is 5.10 Å². The Hall–Kier alpha value is -0.570. The molecule has 0 amide bonds. The van der Waals surface area contributed by atoms with E-state index in [4.69, 9.17) is 0 Å². The molecule has 2 aliphatic heterocycles. The van der Waals surface area contributed by atoms with E-state index in [9.17, 15) is 0 Å². The average molecular weight is 111 g/mol. The quantitative estimate of drug-likeness (QED) is 0.406. The fourth-order valence-corrected chi connectivity index (χ4v) is 0.948. The van der Waals surface area contributed by atoms with Crippen molar-refractivity contribution in [3.63, 3.8) is 0 Å². The first-order valence-electron chi connectivity index (χ1n) is 2.91.